The molecule has 144 valence electrons. The summed E-state index contributed by atoms with van der Waals surface area (Å²) in [6, 6.07) is 12.6. The van der Waals surface area contributed by atoms with Gasteiger partial charge < -0.3 is 19.5 Å². The summed E-state index contributed by atoms with van der Waals surface area (Å²) in [6.45, 7) is 4.00. The average Bonchev–Trinajstić information content (AvgIpc) is 2.73. The minimum absolute atomic E-state index is 0.139. The number of ether oxygens (including phenoxy) is 2. The van der Waals surface area contributed by atoms with Crippen molar-refractivity contribution < 1.29 is 19.4 Å². The predicted molar refractivity (Wildman–Crippen MR) is 106 cm³/mol. The van der Waals surface area contributed by atoms with Crippen molar-refractivity contribution in [3.05, 3.63) is 48.0 Å². The Morgan fingerprint density at radius 1 is 1.18 bits per heavy atom. The minimum atomic E-state index is -0.982. The normalized spacial score (nSPS) is 16.9. The van der Waals surface area contributed by atoms with Gasteiger partial charge in [0, 0.05) is 12.1 Å². The second-order valence-electron chi connectivity index (χ2n) is 6.75. The van der Waals surface area contributed by atoms with Crippen molar-refractivity contribution in [3.63, 3.8) is 0 Å². The third kappa shape index (κ3) is 3.36. The van der Waals surface area contributed by atoms with Crippen molar-refractivity contribution in [2.75, 3.05) is 31.8 Å². The molecular formula is C21H21N3O4. The smallest absolute Gasteiger partial charge is 0.335 e. The van der Waals surface area contributed by atoms with Gasteiger partial charge in [0.25, 0.3) is 0 Å². The van der Waals surface area contributed by atoms with Crippen LogP contribution in [0.2, 0.25) is 0 Å². The summed E-state index contributed by atoms with van der Waals surface area (Å²) < 4.78 is 10.8. The fourth-order valence-electron chi connectivity index (χ4n) is 3.36. The summed E-state index contributed by atoms with van der Waals surface area (Å²) in [4.78, 5) is 23.2. The van der Waals surface area contributed by atoms with E-state index in [0.29, 0.717) is 30.8 Å². The second kappa shape index (κ2) is 7.44. The first-order valence-electron chi connectivity index (χ1n) is 9.10. The third-order valence-electron chi connectivity index (χ3n) is 4.90. The van der Waals surface area contributed by atoms with Gasteiger partial charge >= 0.3 is 5.97 Å². The molecule has 1 saturated heterocycles. The topological polar surface area (TPSA) is 84.8 Å². The molecule has 0 spiro atoms. The zero-order chi connectivity index (χ0) is 19.7. The van der Waals surface area contributed by atoms with Crippen LogP contribution in [0.3, 0.4) is 0 Å². The summed E-state index contributed by atoms with van der Waals surface area (Å²) in [5, 5.41) is 9.30. The summed E-state index contributed by atoms with van der Waals surface area (Å²) in [5.41, 5.74) is 3.09. The van der Waals surface area contributed by atoms with Crippen LogP contribution in [0.5, 0.6) is 5.75 Å². The zero-order valence-corrected chi connectivity index (χ0v) is 15.8. The second-order valence-corrected chi connectivity index (χ2v) is 6.75. The van der Waals surface area contributed by atoms with Gasteiger partial charge in [0.05, 0.1) is 43.0 Å². The largest absolute Gasteiger partial charge is 0.497 e. The third-order valence-corrected chi connectivity index (χ3v) is 4.90. The van der Waals surface area contributed by atoms with Gasteiger partial charge in [-0.25, -0.2) is 14.8 Å². The quantitative estimate of drug-likeness (QED) is 0.745. The number of carboxylic acid groups (broad SMARTS) is 1. The SMILES string of the molecule is COc1ccc(-c2nc3ccc(C(=O)O)cc3nc2N2CCOC[C@@H]2C)cc1. The fraction of sp³-hybridized carbons (Fsp3) is 0.286. The molecule has 1 atom stereocenters. The van der Waals surface area contributed by atoms with Gasteiger partial charge in [0.15, 0.2) is 5.82 Å². The number of aromatic carboxylic acids is 1. The molecule has 1 fully saturated rings. The lowest BCUT2D eigenvalue weighted by Gasteiger charge is -2.35. The highest BCUT2D eigenvalue weighted by molar-refractivity contribution is 5.93. The Hall–Kier alpha value is -3.19. The number of hydrogen-bond acceptors (Lipinski definition) is 6. The molecule has 0 aliphatic carbocycles. The van der Waals surface area contributed by atoms with Crippen LogP contribution in [0, 0.1) is 0 Å². The maximum Gasteiger partial charge on any atom is 0.335 e. The molecule has 0 saturated carbocycles. The van der Waals surface area contributed by atoms with Gasteiger partial charge in [-0.05, 0) is 49.4 Å². The first-order chi connectivity index (χ1) is 13.6. The lowest BCUT2D eigenvalue weighted by Crippen LogP contribution is -2.44. The van der Waals surface area contributed by atoms with Crippen molar-refractivity contribution in [1.82, 2.24) is 9.97 Å². The molecule has 2 aromatic carbocycles. The summed E-state index contributed by atoms with van der Waals surface area (Å²) in [7, 11) is 1.63. The molecule has 7 heteroatoms. The van der Waals surface area contributed by atoms with Crippen LogP contribution in [0.15, 0.2) is 42.5 Å². The number of nitrogens with zero attached hydrogens (tertiary/aromatic N) is 3. The Balaban J connectivity index is 1.90. The Morgan fingerprint density at radius 2 is 1.96 bits per heavy atom. The van der Waals surface area contributed by atoms with Gasteiger partial charge in [-0.2, -0.15) is 0 Å². The number of morpholine rings is 1. The van der Waals surface area contributed by atoms with Crippen LogP contribution in [0.25, 0.3) is 22.3 Å². The zero-order valence-electron chi connectivity index (χ0n) is 15.8. The van der Waals surface area contributed by atoms with Crippen molar-refractivity contribution in [1.29, 1.82) is 0 Å². The molecule has 0 amide bonds. The number of aromatic nitrogens is 2. The van der Waals surface area contributed by atoms with Crippen LogP contribution in [-0.2, 0) is 4.74 Å². The van der Waals surface area contributed by atoms with Crippen LogP contribution in [0.1, 0.15) is 17.3 Å². The fourth-order valence-corrected chi connectivity index (χ4v) is 3.36. The molecule has 1 aliphatic rings. The van der Waals surface area contributed by atoms with Crippen LogP contribution in [-0.4, -0.2) is 54.0 Å². The predicted octanol–water partition coefficient (Wildman–Crippen LogP) is 3.23. The number of anilines is 1. The van der Waals surface area contributed by atoms with Crippen LogP contribution < -0.4 is 9.64 Å². The summed E-state index contributed by atoms with van der Waals surface area (Å²) in [5.74, 6) is 0.519. The lowest BCUT2D eigenvalue weighted by molar-refractivity contribution is 0.0697. The maximum absolute atomic E-state index is 11.3. The maximum atomic E-state index is 11.3. The Bertz CT molecular complexity index is 1020. The van der Waals surface area contributed by atoms with E-state index in [4.69, 9.17) is 19.4 Å². The highest BCUT2D eigenvalue weighted by atomic mass is 16.5. The molecule has 0 bridgehead atoms. The average molecular weight is 379 g/mol. The molecule has 1 aliphatic heterocycles. The molecule has 28 heavy (non-hydrogen) atoms. The van der Waals surface area contributed by atoms with Crippen LogP contribution in [0.4, 0.5) is 5.82 Å². The van der Waals surface area contributed by atoms with E-state index in [1.165, 1.54) is 0 Å². The number of carbonyl (C=O) groups is 1. The van der Waals surface area contributed by atoms with Gasteiger partial charge in [-0.3, -0.25) is 0 Å². The Morgan fingerprint density at radius 3 is 2.64 bits per heavy atom. The van der Waals surface area contributed by atoms with Crippen molar-refractivity contribution in [3.8, 4) is 17.0 Å². The molecule has 4 rings (SSSR count). The lowest BCUT2D eigenvalue weighted by atomic mass is 10.1. The van der Waals surface area contributed by atoms with Gasteiger partial charge in [-0.1, -0.05) is 0 Å². The number of carboxylic acids is 1. The van der Waals surface area contributed by atoms with E-state index in [1.54, 1.807) is 25.3 Å². The first-order valence-corrected chi connectivity index (χ1v) is 9.10. The standard InChI is InChI=1S/C21H21N3O4/c1-13-12-28-10-9-24(13)20-19(14-3-6-16(27-2)7-4-14)22-17-8-5-15(21(25)26)11-18(17)23-20/h3-8,11,13H,9-10,12H2,1-2H3,(H,25,26)/t13-/m0/s1. The van der Waals surface area contributed by atoms with E-state index >= 15 is 0 Å². The molecule has 0 radical (unpaired) electrons. The van der Waals surface area contributed by atoms with E-state index in [2.05, 4.69) is 11.8 Å². The van der Waals surface area contributed by atoms with E-state index in [-0.39, 0.29) is 11.6 Å². The highest BCUT2D eigenvalue weighted by Gasteiger charge is 2.25. The Kier molecular flexibility index (Phi) is 4.83. The number of benzene rings is 2. The van der Waals surface area contributed by atoms with Gasteiger partial charge in [-0.15, -0.1) is 0 Å². The summed E-state index contributed by atoms with van der Waals surface area (Å²) >= 11 is 0. The van der Waals surface area contributed by atoms with Crippen molar-refractivity contribution in [2.45, 2.75) is 13.0 Å². The molecule has 0 unspecified atom stereocenters. The van der Waals surface area contributed by atoms with Gasteiger partial charge in [0.1, 0.15) is 11.4 Å². The van der Waals surface area contributed by atoms with Gasteiger partial charge in [0.2, 0.25) is 0 Å². The van der Waals surface area contributed by atoms with E-state index in [9.17, 15) is 9.90 Å². The monoisotopic (exact) mass is 379 g/mol. The van der Waals surface area contributed by atoms with E-state index in [1.807, 2.05) is 24.3 Å². The Labute approximate surface area is 162 Å². The van der Waals surface area contributed by atoms with Crippen molar-refractivity contribution in [2.24, 2.45) is 0 Å². The van der Waals surface area contributed by atoms with Crippen LogP contribution >= 0.6 is 0 Å². The molecular weight excluding hydrogens is 358 g/mol. The van der Waals surface area contributed by atoms with E-state index < -0.39 is 5.97 Å². The molecule has 3 aromatic rings. The number of methoxy groups -OCH3 is 1. The number of hydrogen-bond donors (Lipinski definition) is 1. The highest BCUT2D eigenvalue weighted by Crippen LogP contribution is 2.32. The minimum Gasteiger partial charge on any atom is -0.497 e. The summed E-state index contributed by atoms with van der Waals surface area (Å²) in [6.07, 6.45) is 0. The van der Waals surface area contributed by atoms with Crippen molar-refractivity contribution >= 4 is 22.8 Å². The first kappa shape index (κ1) is 18.2. The number of rotatable bonds is 4. The molecule has 1 aromatic heterocycles. The molecule has 1 N–H and O–H groups in total. The number of fused-ring (bicyclic) bond motifs is 1. The molecule has 7 nitrogen and oxygen atoms in total. The molecule has 2 heterocycles. The van der Waals surface area contributed by atoms with E-state index in [0.717, 1.165) is 22.8 Å².